The number of hydrogen-bond donors (Lipinski definition) is 1. The lowest BCUT2D eigenvalue weighted by atomic mass is 9.89. The quantitative estimate of drug-likeness (QED) is 0.921. The second-order valence-corrected chi connectivity index (χ2v) is 6.59. The zero-order valence-electron chi connectivity index (χ0n) is 11.4. The Morgan fingerprint density at radius 3 is 3.05 bits per heavy atom. The zero-order chi connectivity index (χ0) is 14.4. The van der Waals surface area contributed by atoms with E-state index >= 15 is 0 Å². The van der Waals surface area contributed by atoms with Gasteiger partial charge in [-0.2, -0.15) is 0 Å². The summed E-state index contributed by atoms with van der Waals surface area (Å²) in [4.78, 5) is 29.9. The summed E-state index contributed by atoms with van der Waals surface area (Å²) in [6.45, 7) is 3.71. The van der Waals surface area contributed by atoms with Crippen molar-refractivity contribution in [1.29, 1.82) is 0 Å². The molecule has 1 N–H and O–H groups in total. The molecule has 0 aromatic carbocycles. The first-order valence-electron chi connectivity index (χ1n) is 6.73. The molecule has 1 aliphatic carbocycles. The fourth-order valence-corrected chi connectivity index (χ4v) is 4.08. The third-order valence-corrected chi connectivity index (χ3v) is 5.18. The van der Waals surface area contributed by atoms with E-state index in [2.05, 4.69) is 11.9 Å². The first-order valence-corrected chi connectivity index (χ1v) is 7.55. The van der Waals surface area contributed by atoms with Crippen molar-refractivity contribution in [2.24, 2.45) is 5.92 Å². The summed E-state index contributed by atoms with van der Waals surface area (Å²) >= 11 is 1.57. The maximum Gasteiger partial charge on any atom is 0.326 e. The molecule has 1 aliphatic rings. The number of rotatable bonds is 2. The van der Waals surface area contributed by atoms with E-state index in [9.17, 15) is 9.59 Å². The third-order valence-electron chi connectivity index (χ3n) is 4.02. The third kappa shape index (κ3) is 1.95. The summed E-state index contributed by atoms with van der Waals surface area (Å²) in [5.41, 5.74) is 0.865. The molecule has 5 nitrogen and oxygen atoms in total. The molecular formula is C14H16N2O3S. The van der Waals surface area contributed by atoms with E-state index in [4.69, 9.17) is 5.11 Å². The van der Waals surface area contributed by atoms with E-state index in [0.29, 0.717) is 11.3 Å². The number of aliphatic carboxylic acids is 1. The fraction of sp³-hybridized carbons (Fsp3) is 0.500. The Kier molecular flexibility index (Phi) is 3.12. The van der Waals surface area contributed by atoms with E-state index in [1.807, 2.05) is 0 Å². The molecule has 0 spiro atoms. The monoisotopic (exact) mass is 292 g/mol. The molecule has 0 fully saturated rings. The molecule has 0 aliphatic heterocycles. The van der Waals surface area contributed by atoms with Crippen molar-refractivity contribution >= 4 is 27.5 Å². The molecule has 2 aromatic rings. The highest BCUT2D eigenvalue weighted by Crippen LogP contribution is 2.35. The van der Waals surface area contributed by atoms with Crippen LogP contribution in [0.4, 0.5) is 0 Å². The lowest BCUT2D eigenvalue weighted by molar-refractivity contribution is -0.140. The van der Waals surface area contributed by atoms with E-state index in [-0.39, 0.29) is 5.56 Å². The van der Waals surface area contributed by atoms with Crippen molar-refractivity contribution in [3.63, 3.8) is 0 Å². The molecule has 0 bridgehead atoms. The van der Waals surface area contributed by atoms with Gasteiger partial charge in [0.05, 0.1) is 11.7 Å². The molecular weight excluding hydrogens is 276 g/mol. The van der Waals surface area contributed by atoms with Gasteiger partial charge >= 0.3 is 5.97 Å². The first-order chi connectivity index (χ1) is 9.49. The maximum absolute atomic E-state index is 12.6. The van der Waals surface area contributed by atoms with Gasteiger partial charge in [0.1, 0.15) is 10.9 Å². The Labute approximate surface area is 119 Å². The van der Waals surface area contributed by atoms with Gasteiger partial charge in [0, 0.05) is 4.88 Å². The highest BCUT2D eigenvalue weighted by Gasteiger charge is 2.24. The first kappa shape index (κ1) is 13.3. The molecule has 2 heterocycles. The predicted octanol–water partition coefficient (Wildman–Crippen LogP) is 2.23. The normalized spacial score (nSPS) is 19.8. The van der Waals surface area contributed by atoms with Crippen molar-refractivity contribution in [2.75, 3.05) is 0 Å². The van der Waals surface area contributed by atoms with E-state index in [1.54, 1.807) is 11.3 Å². The highest BCUT2D eigenvalue weighted by atomic mass is 32.1. The second-order valence-electron chi connectivity index (χ2n) is 5.50. The minimum Gasteiger partial charge on any atom is -0.480 e. The topological polar surface area (TPSA) is 72.2 Å². The number of nitrogens with zero attached hydrogens (tertiary/aromatic N) is 2. The average molecular weight is 292 g/mol. The smallest absolute Gasteiger partial charge is 0.326 e. The molecule has 2 aromatic heterocycles. The van der Waals surface area contributed by atoms with Crippen molar-refractivity contribution in [1.82, 2.24) is 9.55 Å². The van der Waals surface area contributed by atoms with E-state index in [1.165, 1.54) is 22.7 Å². The fourth-order valence-electron chi connectivity index (χ4n) is 2.74. The number of carboxylic acids is 1. The number of fused-ring (bicyclic) bond motifs is 3. The number of hydrogen-bond acceptors (Lipinski definition) is 4. The van der Waals surface area contributed by atoms with Crippen LogP contribution in [0.1, 0.15) is 36.8 Å². The number of carbonyl (C=O) groups is 1. The molecule has 2 atom stereocenters. The molecule has 2 unspecified atom stereocenters. The Balaban J connectivity index is 2.23. The van der Waals surface area contributed by atoms with Crippen LogP contribution in [0.25, 0.3) is 10.2 Å². The van der Waals surface area contributed by atoms with Gasteiger partial charge < -0.3 is 5.11 Å². The van der Waals surface area contributed by atoms with Crippen LogP contribution in [-0.2, 0) is 17.6 Å². The van der Waals surface area contributed by atoms with Crippen LogP contribution in [-0.4, -0.2) is 20.6 Å². The van der Waals surface area contributed by atoms with Gasteiger partial charge in [-0.15, -0.1) is 11.3 Å². The standard InChI is InChI=1S/C14H16N2O3S/c1-7-3-4-9-10(5-7)20-12-11(9)13(17)16(6-15-12)8(2)14(18)19/h6-8H,3-5H2,1-2H3,(H,18,19). The summed E-state index contributed by atoms with van der Waals surface area (Å²) in [5, 5.41) is 9.70. The second kappa shape index (κ2) is 4.70. The summed E-state index contributed by atoms with van der Waals surface area (Å²) in [5.74, 6) is -0.387. The van der Waals surface area contributed by atoms with Crippen LogP contribution < -0.4 is 5.56 Å². The van der Waals surface area contributed by atoms with Crippen LogP contribution in [0.2, 0.25) is 0 Å². The number of aryl methyl sites for hydroxylation is 1. The van der Waals surface area contributed by atoms with Gasteiger partial charge in [0.25, 0.3) is 5.56 Å². The van der Waals surface area contributed by atoms with E-state index in [0.717, 1.165) is 29.7 Å². The highest BCUT2D eigenvalue weighted by molar-refractivity contribution is 7.18. The molecule has 3 rings (SSSR count). The zero-order valence-corrected chi connectivity index (χ0v) is 12.2. The minimum absolute atomic E-state index is 0.225. The number of thiophene rings is 1. The van der Waals surface area contributed by atoms with Crippen LogP contribution in [0.3, 0.4) is 0 Å². The van der Waals surface area contributed by atoms with Crippen molar-refractivity contribution < 1.29 is 9.90 Å². The summed E-state index contributed by atoms with van der Waals surface area (Å²) < 4.78 is 1.22. The van der Waals surface area contributed by atoms with Gasteiger partial charge in [0.2, 0.25) is 0 Å². The SMILES string of the molecule is CC1CCc2c(sc3ncn(C(C)C(=O)O)c(=O)c23)C1. The van der Waals surface area contributed by atoms with Gasteiger partial charge in [-0.05, 0) is 37.7 Å². The minimum atomic E-state index is -1.02. The molecule has 0 saturated carbocycles. The van der Waals surface area contributed by atoms with Crippen molar-refractivity contribution in [3.05, 3.63) is 27.1 Å². The largest absolute Gasteiger partial charge is 0.480 e. The van der Waals surface area contributed by atoms with Gasteiger partial charge in [-0.25, -0.2) is 9.78 Å². The van der Waals surface area contributed by atoms with E-state index < -0.39 is 12.0 Å². The van der Waals surface area contributed by atoms with Crippen molar-refractivity contribution in [2.45, 2.75) is 39.2 Å². The Morgan fingerprint density at radius 2 is 2.35 bits per heavy atom. The average Bonchev–Trinajstić information content (AvgIpc) is 2.76. The van der Waals surface area contributed by atoms with Crippen molar-refractivity contribution in [3.8, 4) is 0 Å². The molecule has 0 amide bonds. The number of aromatic nitrogens is 2. The Bertz CT molecular complexity index is 747. The Hall–Kier alpha value is -1.69. The number of carboxylic acid groups (broad SMARTS) is 1. The molecule has 106 valence electrons. The molecule has 0 radical (unpaired) electrons. The van der Waals surface area contributed by atoms with Crippen LogP contribution in [0.15, 0.2) is 11.1 Å². The van der Waals surface area contributed by atoms with Crippen LogP contribution in [0, 0.1) is 5.92 Å². The summed E-state index contributed by atoms with van der Waals surface area (Å²) in [6, 6.07) is -0.891. The molecule has 20 heavy (non-hydrogen) atoms. The van der Waals surface area contributed by atoms with Gasteiger partial charge in [-0.3, -0.25) is 9.36 Å². The summed E-state index contributed by atoms with van der Waals surface area (Å²) in [7, 11) is 0. The maximum atomic E-state index is 12.6. The van der Waals surface area contributed by atoms with Crippen LogP contribution >= 0.6 is 11.3 Å². The van der Waals surface area contributed by atoms with Crippen LogP contribution in [0.5, 0.6) is 0 Å². The summed E-state index contributed by atoms with van der Waals surface area (Å²) in [6.07, 6.45) is 4.31. The molecule has 6 heteroatoms. The lowest BCUT2D eigenvalue weighted by Gasteiger charge is -2.17. The predicted molar refractivity (Wildman–Crippen MR) is 77.4 cm³/mol. The Morgan fingerprint density at radius 1 is 1.60 bits per heavy atom. The lowest BCUT2D eigenvalue weighted by Crippen LogP contribution is -2.28. The van der Waals surface area contributed by atoms with Gasteiger partial charge in [0.15, 0.2) is 0 Å². The molecule has 0 saturated heterocycles. The van der Waals surface area contributed by atoms with Gasteiger partial charge in [-0.1, -0.05) is 6.92 Å².